The van der Waals surface area contributed by atoms with Crippen molar-refractivity contribution < 1.29 is 22.7 Å². The van der Waals surface area contributed by atoms with E-state index >= 15 is 0 Å². The number of fused-ring (bicyclic) bond motifs is 1. The Morgan fingerprint density at radius 2 is 1.77 bits per heavy atom. The molecule has 0 bridgehead atoms. The Kier molecular flexibility index (Phi) is 9.30. The molecule has 212 valence electrons. The van der Waals surface area contributed by atoms with Crippen molar-refractivity contribution in [2.24, 2.45) is 0 Å². The number of carbonyl (C=O) groups excluding carboxylic acids is 1. The summed E-state index contributed by atoms with van der Waals surface area (Å²) in [5.74, 6) is 0.118. The maximum atomic E-state index is 13.6. The van der Waals surface area contributed by atoms with Gasteiger partial charge in [0.05, 0.1) is 0 Å². The predicted molar refractivity (Wildman–Crippen MR) is 172 cm³/mol. The zero-order chi connectivity index (χ0) is 28.4. The van der Waals surface area contributed by atoms with E-state index in [-0.39, 0.29) is 9.54 Å². The average molecular weight is 840 g/mol. The van der Waals surface area contributed by atoms with Crippen molar-refractivity contribution in [3.8, 4) is 5.75 Å². The number of pyridine rings is 1. The molecule has 0 atom stereocenters. The van der Waals surface area contributed by atoms with E-state index in [0.717, 1.165) is 63.1 Å². The van der Waals surface area contributed by atoms with Gasteiger partial charge in [-0.1, -0.05) is 0 Å². The molecule has 40 heavy (non-hydrogen) atoms. The Labute approximate surface area is 256 Å². The topological polar surface area (TPSA) is 46.8 Å². The molecule has 0 saturated carbocycles. The molecule has 4 aromatic rings. The van der Waals surface area contributed by atoms with Crippen LogP contribution in [0.15, 0.2) is 71.3 Å². The van der Waals surface area contributed by atoms with Gasteiger partial charge in [0.2, 0.25) is 0 Å². The molecule has 2 aromatic carbocycles. The first-order valence-corrected chi connectivity index (χ1v) is 22.5. The maximum absolute atomic E-state index is 13.6. The Balaban J connectivity index is 1.18. The van der Waals surface area contributed by atoms with Gasteiger partial charge in [0.15, 0.2) is 0 Å². The Morgan fingerprint density at radius 3 is 2.40 bits per heavy atom. The third-order valence-corrected chi connectivity index (χ3v) is 15.1. The molecule has 0 radical (unpaired) electrons. The molecule has 0 N–H and O–H groups in total. The molecule has 5 rings (SSSR count). The van der Waals surface area contributed by atoms with E-state index in [9.17, 15) is 18.0 Å². The standard InChI is InChI=1S/C29H27BrF3I2N3O2/c1-2-25-27(38-16-13-22(30)17-26(38)36-25)28(39)35(34)18-19-3-7-23(8-4-19)37-14-11-21(12-15-37)20-5-9-24(10-6-20)40-29(31,32)33/h3-10,13,16-17,21H,2,11-12,14-15,18H2,1H3. The summed E-state index contributed by atoms with van der Waals surface area (Å²) in [5, 5.41) is 0. The van der Waals surface area contributed by atoms with Gasteiger partial charge in [-0.15, -0.1) is 13.2 Å². The van der Waals surface area contributed by atoms with Crippen LogP contribution in [0.4, 0.5) is 18.9 Å². The second-order valence-corrected chi connectivity index (χ2v) is 20.6. The molecule has 1 fully saturated rings. The van der Waals surface area contributed by atoms with Crippen LogP contribution in [0.2, 0.25) is 0 Å². The summed E-state index contributed by atoms with van der Waals surface area (Å²) in [6.45, 7) is 3.78. The number of aryl methyl sites for hydroxylation is 1. The number of piperidine rings is 1. The molecule has 3 heterocycles. The molecule has 0 amide bonds. The fraction of sp³-hybridized carbons (Fsp3) is 0.310. The van der Waals surface area contributed by atoms with Gasteiger partial charge in [-0.3, -0.25) is 0 Å². The minimum absolute atomic E-state index is 0.190. The van der Waals surface area contributed by atoms with Crippen molar-refractivity contribution in [2.75, 3.05) is 18.0 Å². The number of imidazole rings is 1. The van der Waals surface area contributed by atoms with Gasteiger partial charge in [0.1, 0.15) is 5.75 Å². The zero-order valence-corrected chi connectivity index (χ0v) is 27.5. The summed E-state index contributed by atoms with van der Waals surface area (Å²) >= 11 is 3.87. The quantitative estimate of drug-likeness (QED) is 0.101. The zero-order valence-electron chi connectivity index (χ0n) is 21.6. The fourth-order valence-electron chi connectivity index (χ4n) is 5.03. The summed E-state index contributed by atoms with van der Waals surface area (Å²) in [5.41, 5.74) is 5.73. The molecular formula is C29H27BrF3I2N3O2. The number of benzene rings is 2. The number of ether oxygens (including phenoxy) is 1. The molecule has 1 aliphatic rings. The van der Waals surface area contributed by atoms with Crippen molar-refractivity contribution in [3.63, 3.8) is 0 Å². The summed E-state index contributed by atoms with van der Waals surface area (Å²) in [6.07, 6.45) is -0.202. The van der Waals surface area contributed by atoms with Crippen molar-refractivity contribution in [2.45, 2.75) is 42.9 Å². The van der Waals surface area contributed by atoms with Gasteiger partial charge >= 0.3 is 234 Å². The number of rotatable bonds is 8. The van der Waals surface area contributed by atoms with E-state index in [4.69, 9.17) is 0 Å². The number of hydrogen-bond acceptors (Lipinski definition) is 4. The van der Waals surface area contributed by atoms with E-state index in [1.54, 1.807) is 12.1 Å². The Morgan fingerprint density at radius 1 is 1.10 bits per heavy atom. The third-order valence-electron chi connectivity index (χ3n) is 7.02. The van der Waals surface area contributed by atoms with E-state index < -0.39 is 22.2 Å². The van der Waals surface area contributed by atoms with Crippen molar-refractivity contribution >= 4 is 65.5 Å². The normalized spacial score (nSPS) is 14.9. The fourth-order valence-corrected chi connectivity index (χ4v) is 11.6. The first-order valence-electron chi connectivity index (χ1n) is 12.8. The summed E-state index contributed by atoms with van der Waals surface area (Å²) in [4.78, 5) is 20.6. The van der Waals surface area contributed by atoms with Crippen molar-refractivity contribution in [1.82, 2.24) is 9.38 Å². The number of aromatic nitrogens is 2. The van der Waals surface area contributed by atoms with Gasteiger partial charge in [-0.25, -0.2) is 0 Å². The molecule has 2 aromatic heterocycles. The first kappa shape index (κ1) is 29.6. The SMILES string of the molecule is CCc1nc2cc(Br)ccn2c1C(=O)I(I)Cc1ccc(N2CCC(c3ccc(OC(F)(F)F)cc3)CC2)cc1. The number of alkyl halides is 4. The van der Waals surface area contributed by atoms with Crippen LogP contribution in [-0.4, -0.2) is 32.6 Å². The van der Waals surface area contributed by atoms with Crippen LogP contribution >= 0.6 is 50.4 Å². The van der Waals surface area contributed by atoms with Gasteiger partial charge in [0, 0.05) is 0 Å². The number of halogens is 6. The van der Waals surface area contributed by atoms with Crippen LogP contribution in [0.5, 0.6) is 5.75 Å². The number of anilines is 1. The van der Waals surface area contributed by atoms with Gasteiger partial charge in [0.25, 0.3) is 0 Å². The van der Waals surface area contributed by atoms with Crippen LogP contribution in [0.3, 0.4) is 0 Å². The van der Waals surface area contributed by atoms with Crippen LogP contribution in [0.1, 0.15) is 53.0 Å². The minimum atomic E-state index is -4.68. The van der Waals surface area contributed by atoms with Crippen LogP contribution in [0, 0.1) is 0 Å². The Bertz CT molecular complexity index is 1490. The van der Waals surface area contributed by atoms with Gasteiger partial charge < -0.3 is 4.74 Å². The second-order valence-electron chi connectivity index (χ2n) is 9.59. The molecule has 1 saturated heterocycles. The molecule has 5 nitrogen and oxygen atoms in total. The average Bonchev–Trinajstić information content (AvgIpc) is 3.30. The predicted octanol–water partition coefficient (Wildman–Crippen LogP) is 9.14. The number of carbonyl (C=O) groups is 1. The van der Waals surface area contributed by atoms with E-state index in [0.29, 0.717) is 12.3 Å². The third kappa shape index (κ3) is 6.94. The number of hydrogen-bond donors (Lipinski definition) is 0. The molecule has 0 spiro atoms. The van der Waals surface area contributed by atoms with Crippen molar-refractivity contribution in [3.05, 3.63) is 93.8 Å². The van der Waals surface area contributed by atoms with E-state index in [1.807, 2.05) is 29.7 Å². The summed E-state index contributed by atoms with van der Waals surface area (Å²) in [6, 6.07) is 18.6. The van der Waals surface area contributed by atoms with E-state index in [2.05, 4.69) is 73.4 Å². The molecule has 0 unspecified atom stereocenters. The number of nitrogens with zero attached hydrogens (tertiary/aromatic N) is 3. The Hall–Kier alpha value is -1.87. The molecule has 1 aliphatic heterocycles. The van der Waals surface area contributed by atoms with Crippen molar-refractivity contribution in [1.29, 1.82) is 0 Å². The first-order chi connectivity index (χ1) is 19.1. The molecule has 11 heteroatoms. The van der Waals surface area contributed by atoms with Crippen LogP contribution < -0.4 is 9.64 Å². The summed E-state index contributed by atoms with van der Waals surface area (Å²) in [7, 11) is 0. The summed E-state index contributed by atoms with van der Waals surface area (Å²) < 4.78 is 45.1. The monoisotopic (exact) mass is 839 g/mol. The second kappa shape index (κ2) is 12.6. The van der Waals surface area contributed by atoms with Crippen LogP contribution in [0.25, 0.3) is 5.65 Å². The van der Waals surface area contributed by atoms with E-state index in [1.165, 1.54) is 17.7 Å². The van der Waals surface area contributed by atoms with Gasteiger partial charge in [-0.05, 0) is 0 Å². The molecular weight excluding hydrogens is 813 g/mol. The molecule has 0 aliphatic carbocycles. The van der Waals surface area contributed by atoms with Crippen LogP contribution in [-0.2, 0) is 10.8 Å². The van der Waals surface area contributed by atoms with Gasteiger partial charge in [-0.2, -0.15) is 0 Å².